The fraction of sp³-hybridized carbons (Fsp3) is 0.250. The summed E-state index contributed by atoms with van der Waals surface area (Å²) in [5.74, 6) is -0.213. The number of carbonyl (C=O) groups is 1. The van der Waals surface area contributed by atoms with Crippen LogP contribution in [-0.4, -0.2) is 16.0 Å². The number of hydrogen-bond donors (Lipinski definition) is 2. The molecule has 0 spiro atoms. The van der Waals surface area contributed by atoms with Gasteiger partial charge in [0.05, 0.1) is 17.8 Å². The van der Waals surface area contributed by atoms with Crippen molar-refractivity contribution in [2.45, 2.75) is 24.9 Å². The lowest BCUT2D eigenvalue weighted by atomic mass is 10.2. The average Bonchev–Trinajstić information content (AvgIpc) is 3.24. The Morgan fingerprint density at radius 1 is 1.27 bits per heavy atom. The van der Waals surface area contributed by atoms with Crippen molar-refractivity contribution in [2.24, 2.45) is 5.73 Å². The molecule has 2 aromatic rings. The van der Waals surface area contributed by atoms with Gasteiger partial charge in [0.25, 0.3) is 5.56 Å². The summed E-state index contributed by atoms with van der Waals surface area (Å²) in [6.45, 7) is 0.343. The fourth-order valence-electron chi connectivity index (χ4n) is 2.16. The number of pyridine rings is 1. The summed E-state index contributed by atoms with van der Waals surface area (Å²) in [5, 5.41) is 3.36. The van der Waals surface area contributed by atoms with Crippen LogP contribution in [0.2, 0.25) is 5.02 Å². The number of halogens is 1. The van der Waals surface area contributed by atoms with E-state index < -0.39 is 5.54 Å². The molecule has 1 amide bonds. The van der Waals surface area contributed by atoms with Gasteiger partial charge in [0.1, 0.15) is 0 Å². The van der Waals surface area contributed by atoms with Crippen LogP contribution in [0.25, 0.3) is 0 Å². The van der Waals surface area contributed by atoms with E-state index in [2.05, 4.69) is 5.32 Å². The molecule has 114 valence electrons. The summed E-state index contributed by atoms with van der Waals surface area (Å²) in [6.07, 6.45) is 2.99. The Morgan fingerprint density at radius 3 is 2.68 bits per heavy atom. The van der Waals surface area contributed by atoms with Gasteiger partial charge in [-0.3, -0.25) is 9.59 Å². The van der Waals surface area contributed by atoms with Crippen molar-refractivity contribution in [3.8, 4) is 0 Å². The number of aromatic nitrogens is 1. The Labute approximate surface area is 132 Å². The second kappa shape index (κ2) is 5.59. The third kappa shape index (κ3) is 3.05. The number of anilines is 1. The second-order valence-electron chi connectivity index (χ2n) is 5.59. The number of carbonyl (C=O) groups excluding carboxylic acids is 1. The van der Waals surface area contributed by atoms with Gasteiger partial charge in [0.15, 0.2) is 0 Å². The van der Waals surface area contributed by atoms with E-state index in [4.69, 9.17) is 17.3 Å². The summed E-state index contributed by atoms with van der Waals surface area (Å²) in [4.78, 5) is 23.9. The van der Waals surface area contributed by atoms with Gasteiger partial charge in [0.2, 0.25) is 5.91 Å². The zero-order valence-corrected chi connectivity index (χ0v) is 12.6. The van der Waals surface area contributed by atoms with Crippen LogP contribution in [0.5, 0.6) is 0 Å². The predicted molar refractivity (Wildman–Crippen MR) is 86.0 cm³/mol. The minimum atomic E-state index is -0.746. The van der Waals surface area contributed by atoms with Gasteiger partial charge >= 0.3 is 0 Å². The highest BCUT2D eigenvalue weighted by Gasteiger charge is 2.45. The van der Waals surface area contributed by atoms with Crippen molar-refractivity contribution in [3.05, 3.63) is 63.5 Å². The van der Waals surface area contributed by atoms with E-state index in [1.165, 1.54) is 10.6 Å². The van der Waals surface area contributed by atoms with Gasteiger partial charge in [-0.15, -0.1) is 0 Å². The Balaban J connectivity index is 1.82. The molecule has 1 aromatic carbocycles. The number of nitrogens with two attached hydrogens (primary N) is 1. The minimum Gasteiger partial charge on any atom is -0.323 e. The van der Waals surface area contributed by atoms with Crippen molar-refractivity contribution < 1.29 is 4.79 Å². The fourth-order valence-corrected chi connectivity index (χ4v) is 2.35. The number of nitrogens with one attached hydrogen (secondary N) is 1. The first-order valence-corrected chi connectivity index (χ1v) is 7.40. The first-order chi connectivity index (χ1) is 10.5. The molecule has 1 aliphatic carbocycles. The van der Waals surface area contributed by atoms with Crippen LogP contribution in [0.15, 0.2) is 47.4 Å². The van der Waals surface area contributed by atoms with Gasteiger partial charge < -0.3 is 15.6 Å². The van der Waals surface area contributed by atoms with Crippen LogP contribution in [0, 0.1) is 0 Å². The van der Waals surface area contributed by atoms with Crippen molar-refractivity contribution in [1.29, 1.82) is 0 Å². The lowest BCUT2D eigenvalue weighted by molar-refractivity contribution is -0.118. The summed E-state index contributed by atoms with van der Waals surface area (Å²) in [7, 11) is 0. The molecule has 1 aromatic heterocycles. The molecule has 0 saturated heterocycles. The zero-order chi connectivity index (χ0) is 15.7. The zero-order valence-electron chi connectivity index (χ0n) is 11.9. The van der Waals surface area contributed by atoms with Crippen molar-refractivity contribution in [1.82, 2.24) is 4.57 Å². The SMILES string of the molecule is NC1(C(=O)Nc2ccc(=O)n(Cc3ccccc3Cl)c2)CC1. The molecule has 0 aliphatic heterocycles. The molecule has 1 aliphatic rings. The molecule has 5 nitrogen and oxygen atoms in total. The Morgan fingerprint density at radius 2 is 2.00 bits per heavy atom. The Kier molecular flexibility index (Phi) is 3.76. The van der Waals surface area contributed by atoms with Crippen LogP contribution < -0.4 is 16.6 Å². The molecule has 3 rings (SSSR count). The van der Waals surface area contributed by atoms with E-state index in [0.29, 0.717) is 30.1 Å². The first kappa shape index (κ1) is 14.8. The van der Waals surface area contributed by atoms with E-state index >= 15 is 0 Å². The van der Waals surface area contributed by atoms with Crippen LogP contribution in [-0.2, 0) is 11.3 Å². The molecule has 22 heavy (non-hydrogen) atoms. The summed E-state index contributed by atoms with van der Waals surface area (Å²) >= 11 is 6.12. The third-order valence-electron chi connectivity index (χ3n) is 3.78. The van der Waals surface area contributed by atoms with Crippen molar-refractivity contribution in [3.63, 3.8) is 0 Å². The molecule has 0 bridgehead atoms. The van der Waals surface area contributed by atoms with E-state index in [0.717, 1.165) is 5.56 Å². The van der Waals surface area contributed by atoms with Crippen LogP contribution >= 0.6 is 11.6 Å². The van der Waals surface area contributed by atoms with Gasteiger partial charge in [-0.2, -0.15) is 0 Å². The van der Waals surface area contributed by atoms with Gasteiger partial charge in [-0.05, 0) is 30.5 Å². The van der Waals surface area contributed by atoms with E-state index in [9.17, 15) is 9.59 Å². The highest BCUT2D eigenvalue weighted by molar-refractivity contribution is 6.31. The van der Waals surface area contributed by atoms with Crippen LogP contribution in [0.3, 0.4) is 0 Å². The largest absolute Gasteiger partial charge is 0.323 e. The average molecular weight is 318 g/mol. The molecule has 0 unspecified atom stereocenters. The normalized spacial score (nSPS) is 15.4. The van der Waals surface area contributed by atoms with E-state index in [-0.39, 0.29) is 11.5 Å². The highest BCUT2D eigenvalue weighted by atomic mass is 35.5. The Bertz CT molecular complexity index is 781. The Hall–Kier alpha value is -2.11. The number of rotatable bonds is 4. The second-order valence-corrected chi connectivity index (χ2v) is 5.99. The molecular formula is C16H16ClN3O2. The molecule has 0 radical (unpaired) electrons. The monoisotopic (exact) mass is 317 g/mol. The summed E-state index contributed by atoms with van der Waals surface area (Å²) < 4.78 is 1.51. The van der Waals surface area contributed by atoms with E-state index in [1.54, 1.807) is 18.3 Å². The summed E-state index contributed by atoms with van der Waals surface area (Å²) in [5.41, 5.74) is 6.33. The molecule has 0 atom stereocenters. The van der Waals surface area contributed by atoms with Gasteiger partial charge in [-0.1, -0.05) is 29.8 Å². The number of amides is 1. The third-order valence-corrected chi connectivity index (χ3v) is 4.15. The molecule has 3 N–H and O–H groups in total. The molecule has 1 heterocycles. The lowest BCUT2D eigenvalue weighted by Gasteiger charge is -2.12. The van der Waals surface area contributed by atoms with Crippen molar-refractivity contribution >= 4 is 23.2 Å². The predicted octanol–water partition coefficient (Wildman–Crippen LogP) is 1.98. The molecular weight excluding hydrogens is 302 g/mol. The van der Waals surface area contributed by atoms with Gasteiger partial charge in [-0.25, -0.2) is 0 Å². The van der Waals surface area contributed by atoms with Crippen LogP contribution in [0.1, 0.15) is 18.4 Å². The topological polar surface area (TPSA) is 77.1 Å². The number of nitrogens with zero attached hydrogens (tertiary/aromatic N) is 1. The van der Waals surface area contributed by atoms with E-state index in [1.807, 2.05) is 18.2 Å². The lowest BCUT2D eigenvalue weighted by Crippen LogP contribution is -2.38. The van der Waals surface area contributed by atoms with Gasteiger partial charge in [0, 0.05) is 17.3 Å². The maximum absolute atomic E-state index is 12.0. The first-order valence-electron chi connectivity index (χ1n) is 7.02. The standard InChI is InChI=1S/C16H16ClN3O2/c17-13-4-2-1-3-11(13)9-20-10-12(5-6-14(20)21)19-15(22)16(18)7-8-16/h1-6,10H,7-9,18H2,(H,19,22). The summed E-state index contributed by atoms with van der Waals surface area (Å²) in [6, 6.07) is 10.3. The maximum atomic E-state index is 12.0. The van der Waals surface area contributed by atoms with Crippen LogP contribution in [0.4, 0.5) is 5.69 Å². The smallest absolute Gasteiger partial charge is 0.250 e. The molecule has 1 fully saturated rings. The maximum Gasteiger partial charge on any atom is 0.250 e. The van der Waals surface area contributed by atoms with Crippen molar-refractivity contribution in [2.75, 3.05) is 5.32 Å². The minimum absolute atomic E-state index is 0.160. The molecule has 6 heteroatoms. The number of hydrogen-bond acceptors (Lipinski definition) is 3. The number of benzene rings is 1. The quantitative estimate of drug-likeness (QED) is 0.905. The molecule has 1 saturated carbocycles. The highest BCUT2D eigenvalue weighted by Crippen LogP contribution is 2.33.